The van der Waals surface area contributed by atoms with Crippen molar-refractivity contribution >= 4 is 23.3 Å². The van der Waals surface area contributed by atoms with E-state index in [0.29, 0.717) is 10.4 Å². The molecule has 1 fully saturated rings. The second-order valence-corrected chi connectivity index (χ2v) is 6.56. The standard InChI is InChI=1S/C16H13F3N2O3S/c1-15(12-3-2-8-25-12)13(22)21(14(23)20-15)9-10-4-6-11(7-5-10)24-16(17,18)19/h2-8H,9H2,1H3,(H,20,23). The Bertz CT molecular complexity index is 790. The van der Waals surface area contributed by atoms with Gasteiger partial charge in [0.15, 0.2) is 5.54 Å². The van der Waals surface area contributed by atoms with E-state index in [2.05, 4.69) is 10.1 Å². The average Bonchev–Trinajstić information content (AvgIpc) is 3.12. The predicted molar refractivity (Wildman–Crippen MR) is 83.9 cm³/mol. The van der Waals surface area contributed by atoms with Crippen LogP contribution in [-0.2, 0) is 16.9 Å². The molecule has 5 nitrogen and oxygen atoms in total. The van der Waals surface area contributed by atoms with Crippen LogP contribution in [0.5, 0.6) is 5.75 Å². The van der Waals surface area contributed by atoms with E-state index in [4.69, 9.17) is 0 Å². The molecule has 0 saturated carbocycles. The molecule has 2 aromatic rings. The lowest BCUT2D eigenvalue weighted by Crippen LogP contribution is -2.40. The highest BCUT2D eigenvalue weighted by Gasteiger charge is 2.49. The van der Waals surface area contributed by atoms with Gasteiger partial charge < -0.3 is 10.1 Å². The number of urea groups is 1. The lowest BCUT2D eigenvalue weighted by Gasteiger charge is -2.20. The molecule has 1 aromatic heterocycles. The third-order valence-corrected chi connectivity index (χ3v) is 4.88. The maximum Gasteiger partial charge on any atom is 0.573 e. The second-order valence-electron chi connectivity index (χ2n) is 5.62. The number of carbonyl (C=O) groups excluding carboxylic acids is 2. The van der Waals surface area contributed by atoms with Gasteiger partial charge in [-0.25, -0.2) is 4.79 Å². The number of hydrogen-bond donors (Lipinski definition) is 1. The summed E-state index contributed by atoms with van der Waals surface area (Å²) in [7, 11) is 0. The molecular weight excluding hydrogens is 357 g/mol. The molecular formula is C16H13F3N2O3S. The van der Waals surface area contributed by atoms with Crippen LogP contribution in [0, 0.1) is 0 Å². The van der Waals surface area contributed by atoms with E-state index in [1.807, 2.05) is 5.38 Å². The van der Waals surface area contributed by atoms with Gasteiger partial charge in [-0.1, -0.05) is 18.2 Å². The first-order valence-corrected chi connectivity index (χ1v) is 8.10. The lowest BCUT2D eigenvalue weighted by atomic mass is 10.0. The summed E-state index contributed by atoms with van der Waals surface area (Å²) in [6, 6.07) is 8.03. The fourth-order valence-electron chi connectivity index (χ4n) is 2.55. The van der Waals surface area contributed by atoms with Crippen molar-refractivity contribution in [3.05, 3.63) is 52.2 Å². The van der Waals surface area contributed by atoms with Crippen LogP contribution in [0.15, 0.2) is 41.8 Å². The summed E-state index contributed by atoms with van der Waals surface area (Å²) in [5.74, 6) is -0.771. The van der Waals surface area contributed by atoms with Gasteiger partial charge in [0.2, 0.25) is 0 Å². The van der Waals surface area contributed by atoms with Gasteiger partial charge in [0, 0.05) is 4.88 Å². The summed E-state index contributed by atoms with van der Waals surface area (Å²) in [5, 5.41) is 4.48. The van der Waals surface area contributed by atoms with Crippen LogP contribution in [0.2, 0.25) is 0 Å². The van der Waals surface area contributed by atoms with Crippen LogP contribution in [0.3, 0.4) is 0 Å². The first kappa shape index (κ1) is 17.3. The molecule has 3 rings (SSSR count). The SMILES string of the molecule is CC1(c2cccs2)NC(=O)N(Cc2ccc(OC(F)(F)F)cc2)C1=O. The zero-order chi connectivity index (χ0) is 18.2. The molecule has 1 aliphatic rings. The third kappa shape index (κ3) is 3.46. The number of amides is 3. The van der Waals surface area contributed by atoms with Crippen LogP contribution in [0.4, 0.5) is 18.0 Å². The topological polar surface area (TPSA) is 58.6 Å². The van der Waals surface area contributed by atoms with E-state index in [9.17, 15) is 22.8 Å². The van der Waals surface area contributed by atoms with E-state index < -0.39 is 23.8 Å². The van der Waals surface area contributed by atoms with Crippen molar-refractivity contribution in [3.63, 3.8) is 0 Å². The van der Waals surface area contributed by atoms with E-state index >= 15 is 0 Å². The van der Waals surface area contributed by atoms with Crippen molar-refractivity contribution in [2.24, 2.45) is 0 Å². The minimum Gasteiger partial charge on any atom is -0.406 e. The highest BCUT2D eigenvalue weighted by atomic mass is 32.1. The van der Waals surface area contributed by atoms with Crippen LogP contribution >= 0.6 is 11.3 Å². The summed E-state index contributed by atoms with van der Waals surface area (Å²) >= 11 is 1.36. The Hall–Kier alpha value is -2.55. The van der Waals surface area contributed by atoms with E-state index in [1.165, 1.54) is 23.5 Å². The number of rotatable bonds is 4. The number of nitrogens with one attached hydrogen (secondary N) is 1. The van der Waals surface area contributed by atoms with Gasteiger partial charge in [0.05, 0.1) is 6.54 Å². The van der Waals surface area contributed by atoms with Gasteiger partial charge in [-0.15, -0.1) is 24.5 Å². The van der Waals surface area contributed by atoms with Gasteiger partial charge in [0.1, 0.15) is 5.75 Å². The molecule has 0 spiro atoms. The molecule has 2 heterocycles. The highest BCUT2D eigenvalue weighted by molar-refractivity contribution is 7.10. The Morgan fingerprint density at radius 3 is 2.44 bits per heavy atom. The smallest absolute Gasteiger partial charge is 0.406 e. The van der Waals surface area contributed by atoms with Crippen LogP contribution < -0.4 is 10.1 Å². The Morgan fingerprint density at radius 1 is 1.20 bits per heavy atom. The molecule has 9 heteroatoms. The first-order chi connectivity index (χ1) is 11.7. The van der Waals surface area contributed by atoms with Crippen LogP contribution in [0.25, 0.3) is 0 Å². The summed E-state index contributed by atoms with van der Waals surface area (Å²) in [6.45, 7) is 1.58. The molecule has 1 saturated heterocycles. The van der Waals surface area contributed by atoms with Crippen molar-refractivity contribution < 1.29 is 27.5 Å². The number of imide groups is 1. The number of ether oxygens (including phenoxy) is 1. The number of hydrogen-bond acceptors (Lipinski definition) is 4. The number of alkyl halides is 3. The number of nitrogens with zero attached hydrogens (tertiary/aromatic N) is 1. The minimum atomic E-state index is -4.77. The molecule has 1 unspecified atom stereocenters. The Labute approximate surface area is 145 Å². The number of benzene rings is 1. The van der Waals surface area contributed by atoms with Crippen molar-refractivity contribution in [1.29, 1.82) is 0 Å². The number of thiophene rings is 1. The maximum absolute atomic E-state index is 12.7. The summed E-state index contributed by atoms with van der Waals surface area (Å²) in [6.07, 6.45) is -4.77. The predicted octanol–water partition coefficient (Wildman–Crippen LogP) is 3.61. The molecule has 0 radical (unpaired) electrons. The van der Waals surface area contributed by atoms with E-state index in [-0.39, 0.29) is 12.3 Å². The molecule has 1 aromatic carbocycles. The molecule has 0 bridgehead atoms. The second kappa shape index (κ2) is 6.07. The summed E-state index contributed by atoms with van der Waals surface area (Å²) in [4.78, 5) is 26.6. The monoisotopic (exact) mass is 370 g/mol. The minimum absolute atomic E-state index is 0.0437. The van der Waals surface area contributed by atoms with Crippen LogP contribution in [-0.4, -0.2) is 23.2 Å². The zero-order valence-electron chi connectivity index (χ0n) is 13.0. The highest BCUT2D eigenvalue weighted by Crippen LogP contribution is 2.32. The van der Waals surface area contributed by atoms with Crippen LogP contribution in [0.1, 0.15) is 17.4 Å². The van der Waals surface area contributed by atoms with E-state index in [0.717, 1.165) is 17.0 Å². The van der Waals surface area contributed by atoms with Gasteiger partial charge >= 0.3 is 12.4 Å². The molecule has 0 aliphatic carbocycles. The van der Waals surface area contributed by atoms with Crippen molar-refractivity contribution in [2.75, 3.05) is 0 Å². The summed E-state index contributed by atoms with van der Waals surface area (Å²) < 4.78 is 40.3. The van der Waals surface area contributed by atoms with Crippen molar-refractivity contribution in [3.8, 4) is 5.75 Å². The van der Waals surface area contributed by atoms with Gasteiger partial charge in [-0.05, 0) is 36.1 Å². The Balaban J connectivity index is 1.75. The van der Waals surface area contributed by atoms with Gasteiger partial charge in [0.25, 0.3) is 5.91 Å². The first-order valence-electron chi connectivity index (χ1n) is 7.22. The van der Waals surface area contributed by atoms with Crippen molar-refractivity contribution in [1.82, 2.24) is 10.2 Å². The van der Waals surface area contributed by atoms with E-state index in [1.54, 1.807) is 19.1 Å². The zero-order valence-corrected chi connectivity index (χ0v) is 13.8. The van der Waals surface area contributed by atoms with Gasteiger partial charge in [-0.2, -0.15) is 0 Å². The molecule has 1 N–H and O–H groups in total. The molecule has 3 amide bonds. The fourth-order valence-corrected chi connectivity index (χ4v) is 3.38. The normalized spacial score (nSPS) is 20.7. The largest absolute Gasteiger partial charge is 0.573 e. The third-order valence-electron chi connectivity index (χ3n) is 3.79. The fraction of sp³-hybridized carbons (Fsp3) is 0.250. The molecule has 1 aliphatic heterocycles. The maximum atomic E-state index is 12.7. The quantitative estimate of drug-likeness (QED) is 0.837. The number of carbonyl (C=O) groups is 2. The number of halogens is 3. The molecule has 25 heavy (non-hydrogen) atoms. The van der Waals surface area contributed by atoms with Gasteiger partial charge in [-0.3, -0.25) is 9.69 Å². The van der Waals surface area contributed by atoms with Crippen molar-refractivity contribution in [2.45, 2.75) is 25.4 Å². The lowest BCUT2D eigenvalue weighted by molar-refractivity contribution is -0.274. The Morgan fingerprint density at radius 2 is 1.88 bits per heavy atom. The molecule has 132 valence electrons. The summed E-state index contributed by atoms with van der Waals surface area (Å²) in [5.41, 5.74) is -0.627. The molecule has 1 atom stereocenters. The average molecular weight is 370 g/mol. The Kier molecular flexibility index (Phi) is 4.19.